The molecule has 0 heterocycles. The minimum absolute atomic E-state index is 0.379. The van der Waals surface area contributed by atoms with Gasteiger partial charge in [-0.1, -0.05) is 26.0 Å². The Morgan fingerprint density at radius 3 is 2.55 bits per heavy atom. The van der Waals surface area contributed by atoms with Crippen molar-refractivity contribution in [2.45, 2.75) is 13.8 Å². The van der Waals surface area contributed by atoms with Gasteiger partial charge in [0.2, 0.25) is 0 Å². The molecule has 1 rings (SSSR count). The Balaban J connectivity index is 2.93. The van der Waals surface area contributed by atoms with E-state index in [1.165, 1.54) is 10.4 Å². The van der Waals surface area contributed by atoms with E-state index in [-0.39, 0.29) is 0 Å². The van der Waals surface area contributed by atoms with Crippen molar-refractivity contribution in [1.82, 2.24) is 4.31 Å². The van der Waals surface area contributed by atoms with Gasteiger partial charge in [-0.3, -0.25) is 4.72 Å². The van der Waals surface area contributed by atoms with Crippen LogP contribution in [0.2, 0.25) is 0 Å². The summed E-state index contributed by atoms with van der Waals surface area (Å²) in [7, 11) is -3.58. The molecule has 0 fully saturated rings. The summed E-state index contributed by atoms with van der Waals surface area (Å²) in [5, 5.41) is 8.56. The number of nitrogens with zero attached hydrogens (tertiary/aromatic N) is 1. The molecule has 0 aliphatic heterocycles. The van der Waals surface area contributed by atoms with Crippen molar-refractivity contribution in [2.75, 3.05) is 17.8 Å². The van der Waals surface area contributed by atoms with Crippen molar-refractivity contribution in [3.8, 4) is 0 Å². The van der Waals surface area contributed by atoms with Gasteiger partial charge in [-0.2, -0.15) is 12.7 Å². The lowest BCUT2D eigenvalue weighted by atomic mass is 10.2. The molecular formula is C13H18N2O4S. The van der Waals surface area contributed by atoms with Crippen LogP contribution < -0.4 is 4.72 Å². The largest absolute Gasteiger partial charge is 0.478 e. The fraction of sp³-hybridized carbons (Fsp3) is 0.308. The third-order valence-electron chi connectivity index (χ3n) is 2.60. The first-order chi connectivity index (χ1) is 9.39. The molecule has 0 amide bonds. The first kappa shape index (κ1) is 16.2. The predicted molar refractivity (Wildman–Crippen MR) is 78.6 cm³/mol. The molecule has 0 aliphatic carbocycles. The first-order valence-corrected chi connectivity index (χ1v) is 7.62. The third kappa shape index (κ3) is 4.67. The Kier molecular flexibility index (Phi) is 5.72. The number of carbonyl (C=O) groups is 1. The van der Waals surface area contributed by atoms with Crippen LogP contribution >= 0.6 is 0 Å². The highest BCUT2D eigenvalue weighted by Gasteiger charge is 2.18. The molecule has 0 unspecified atom stereocenters. The summed E-state index contributed by atoms with van der Waals surface area (Å²) in [6.45, 7) is 4.28. The summed E-state index contributed by atoms with van der Waals surface area (Å²) in [4.78, 5) is 10.4. The highest BCUT2D eigenvalue weighted by atomic mass is 32.2. The lowest BCUT2D eigenvalue weighted by Gasteiger charge is -2.19. The van der Waals surface area contributed by atoms with Gasteiger partial charge in [0.15, 0.2) is 0 Å². The molecule has 110 valence electrons. The van der Waals surface area contributed by atoms with Crippen LogP contribution in [-0.2, 0) is 15.0 Å². The van der Waals surface area contributed by atoms with E-state index in [2.05, 4.69) is 4.72 Å². The van der Waals surface area contributed by atoms with Gasteiger partial charge < -0.3 is 5.11 Å². The maximum absolute atomic E-state index is 12.0. The van der Waals surface area contributed by atoms with E-state index in [4.69, 9.17) is 5.11 Å². The average molecular weight is 298 g/mol. The van der Waals surface area contributed by atoms with Gasteiger partial charge in [0, 0.05) is 19.2 Å². The normalized spacial score (nSPS) is 11.9. The van der Waals surface area contributed by atoms with E-state index >= 15 is 0 Å². The number of benzene rings is 1. The number of hydrogen-bond donors (Lipinski definition) is 2. The summed E-state index contributed by atoms with van der Waals surface area (Å²) in [6, 6.07) is 6.52. The van der Waals surface area contributed by atoms with Crippen LogP contribution in [0.5, 0.6) is 0 Å². The molecule has 1 aromatic carbocycles. The van der Waals surface area contributed by atoms with E-state index < -0.39 is 16.2 Å². The lowest BCUT2D eigenvalue weighted by molar-refractivity contribution is -0.131. The number of aliphatic carboxylic acids is 1. The number of carboxylic acid groups (broad SMARTS) is 1. The first-order valence-electron chi connectivity index (χ1n) is 6.18. The quantitative estimate of drug-likeness (QED) is 0.751. The molecule has 1 aromatic rings. The predicted octanol–water partition coefficient (Wildman–Crippen LogP) is 1.78. The Labute approximate surface area is 118 Å². The number of anilines is 1. The van der Waals surface area contributed by atoms with Gasteiger partial charge in [-0.05, 0) is 23.8 Å². The molecule has 0 aromatic heterocycles. The van der Waals surface area contributed by atoms with Crippen molar-refractivity contribution in [3.05, 3.63) is 35.9 Å². The molecule has 0 atom stereocenters. The van der Waals surface area contributed by atoms with Gasteiger partial charge in [0.1, 0.15) is 0 Å². The maximum atomic E-state index is 12.0. The molecule has 0 spiro atoms. The van der Waals surface area contributed by atoms with Gasteiger partial charge in [0.05, 0.1) is 5.69 Å². The molecular weight excluding hydrogens is 280 g/mol. The topological polar surface area (TPSA) is 86.7 Å². The molecule has 0 saturated carbocycles. The number of nitrogens with one attached hydrogen (secondary N) is 1. The van der Waals surface area contributed by atoms with Gasteiger partial charge in [0.25, 0.3) is 0 Å². The fourth-order valence-corrected chi connectivity index (χ4v) is 2.88. The Morgan fingerprint density at radius 2 is 2.00 bits per heavy atom. The van der Waals surface area contributed by atoms with E-state index in [1.807, 2.05) is 0 Å². The standard InChI is InChI=1S/C13H18N2O4S/c1-3-15(4-2)20(18,19)14-12-7-5-6-11(10-12)8-9-13(16)17/h5-10,14H,3-4H2,1-2H3,(H,16,17)/b9-8+. The zero-order chi connectivity index (χ0) is 15.2. The van der Waals surface area contributed by atoms with Crippen molar-refractivity contribution in [3.63, 3.8) is 0 Å². The molecule has 0 bridgehead atoms. The van der Waals surface area contributed by atoms with Crippen LogP contribution in [0.1, 0.15) is 19.4 Å². The number of rotatable bonds is 7. The van der Waals surface area contributed by atoms with Crippen molar-refractivity contribution in [2.24, 2.45) is 0 Å². The zero-order valence-electron chi connectivity index (χ0n) is 11.4. The van der Waals surface area contributed by atoms with E-state index in [0.717, 1.165) is 6.08 Å². The van der Waals surface area contributed by atoms with Crippen LogP contribution in [0, 0.1) is 0 Å². The molecule has 0 radical (unpaired) electrons. The Bertz CT molecular complexity index is 592. The van der Waals surface area contributed by atoms with Gasteiger partial charge in [-0.25, -0.2) is 4.79 Å². The highest BCUT2D eigenvalue weighted by molar-refractivity contribution is 7.90. The third-order valence-corrected chi connectivity index (χ3v) is 4.29. The van der Waals surface area contributed by atoms with Crippen LogP contribution in [-0.4, -0.2) is 36.9 Å². The second kappa shape index (κ2) is 7.06. The van der Waals surface area contributed by atoms with Crippen LogP contribution in [0.15, 0.2) is 30.3 Å². The second-order valence-electron chi connectivity index (χ2n) is 3.99. The Morgan fingerprint density at radius 1 is 1.35 bits per heavy atom. The van der Waals surface area contributed by atoms with Crippen molar-refractivity contribution >= 4 is 27.9 Å². The maximum Gasteiger partial charge on any atom is 0.328 e. The molecule has 20 heavy (non-hydrogen) atoms. The van der Waals surface area contributed by atoms with Gasteiger partial charge in [-0.15, -0.1) is 0 Å². The van der Waals surface area contributed by atoms with Crippen LogP contribution in [0.25, 0.3) is 6.08 Å². The summed E-state index contributed by atoms with van der Waals surface area (Å²) in [5.41, 5.74) is 0.997. The molecule has 7 heteroatoms. The van der Waals surface area contributed by atoms with E-state index in [1.54, 1.807) is 38.1 Å². The lowest BCUT2D eigenvalue weighted by Crippen LogP contribution is -2.35. The van der Waals surface area contributed by atoms with E-state index in [9.17, 15) is 13.2 Å². The Hall–Kier alpha value is -1.86. The van der Waals surface area contributed by atoms with Crippen LogP contribution in [0.4, 0.5) is 5.69 Å². The minimum Gasteiger partial charge on any atom is -0.478 e. The summed E-state index contributed by atoms with van der Waals surface area (Å²) in [6.07, 6.45) is 2.40. The SMILES string of the molecule is CCN(CC)S(=O)(=O)Nc1cccc(/C=C/C(=O)O)c1. The van der Waals surface area contributed by atoms with Gasteiger partial charge >= 0.3 is 16.2 Å². The number of carboxylic acids is 1. The smallest absolute Gasteiger partial charge is 0.328 e. The zero-order valence-corrected chi connectivity index (χ0v) is 12.2. The average Bonchev–Trinajstić information content (AvgIpc) is 2.37. The monoisotopic (exact) mass is 298 g/mol. The summed E-state index contributed by atoms with van der Waals surface area (Å²) in [5.74, 6) is -1.06. The number of hydrogen-bond acceptors (Lipinski definition) is 3. The van der Waals surface area contributed by atoms with Crippen molar-refractivity contribution < 1.29 is 18.3 Å². The minimum atomic E-state index is -3.58. The molecule has 0 aliphatic rings. The van der Waals surface area contributed by atoms with E-state index in [0.29, 0.717) is 24.3 Å². The second-order valence-corrected chi connectivity index (χ2v) is 5.66. The fourth-order valence-electron chi connectivity index (χ4n) is 1.65. The highest BCUT2D eigenvalue weighted by Crippen LogP contribution is 2.15. The van der Waals surface area contributed by atoms with Crippen LogP contribution in [0.3, 0.4) is 0 Å². The summed E-state index contributed by atoms with van der Waals surface area (Å²) >= 11 is 0. The summed E-state index contributed by atoms with van der Waals surface area (Å²) < 4.78 is 27.8. The molecule has 2 N–H and O–H groups in total. The molecule has 0 saturated heterocycles. The molecule has 6 nitrogen and oxygen atoms in total. The van der Waals surface area contributed by atoms with Crippen molar-refractivity contribution in [1.29, 1.82) is 0 Å².